The summed E-state index contributed by atoms with van der Waals surface area (Å²) < 4.78 is 17.6. The predicted octanol–water partition coefficient (Wildman–Crippen LogP) is 4.93. The van der Waals surface area contributed by atoms with Crippen molar-refractivity contribution in [3.63, 3.8) is 0 Å². The molecule has 0 N–H and O–H groups in total. The molecule has 0 unspecified atom stereocenters. The predicted molar refractivity (Wildman–Crippen MR) is 116 cm³/mol. The Bertz CT molecular complexity index is 603. The van der Waals surface area contributed by atoms with Gasteiger partial charge in [0.2, 0.25) is 0 Å². The van der Waals surface area contributed by atoms with Gasteiger partial charge in [0.1, 0.15) is 0 Å². The van der Waals surface area contributed by atoms with Gasteiger partial charge in [0.15, 0.2) is 0 Å². The molecule has 151 valence electrons. The molecule has 2 aromatic rings. The third-order valence-corrected chi connectivity index (χ3v) is 10.7. The van der Waals surface area contributed by atoms with Crippen LogP contribution in [0.5, 0.6) is 0 Å². The van der Waals surface area contributed by atoms with Crippen LogP contribution < -0.4 is 8.79 Å². The third-order valence-electron chi connectivity index (χ3n) is 4.87. The summed E-state index contributed by atoms with van der Waals surface area (Å²) in [5.74, 6) is 7.34. The van der Waals surface area contributed by atoms with Gasteiger partial charge in [-0.2, -0.15) is 0 Å². The number of benzene rings is 2. The van der Waals surface area contributed by atoms with E-state index in [1.54, 1.807) is 0 Å². The third kappa shape index (κ3) is 9.37. The Morgan fingerprint density at radius 2 is 0.759 bits per heavy atom. The van der Waals surface area contributed by atoms with Gasteiger partial charge in [-0.05, 0) is 29.6 Å². The average Bonchev–Trinajstić information content (AvgIpc) is 2.95. The molecule has 0 heterocycles. The van der Waals surface area contributed by atoms with Gasteiger partial charge in [0.05, 0.1) is 0 Å². The Kier molecular flexibility index (Phi) is 18.0. The topological polar surface area (TPSA) is 39.8 Å². The SMILES string of the molecule is C[C]1[C](C)[C](C)[C](C)[C]1C.[C-]#[O+].[C-]#[O+].[Cl][Ge]([c]1ccccc1)[c]1ccccc1.[Ru+]. The van der Waals surface area contributed by atoms with E-state index in [9.17, 15) is 0 Å². The van der Waals surface area contributed by atoms with Crippen molar-refractivity contribution in [2.45, 2.75) is 34.6 Å². The van der Waals surface area contributed by atoms with Crippen molar-refractivity contribution in [1.82, 2.24) is 0 Å². The maximum absolute atomic E-state index is 7.50. The standard InChI is InChI=1S/C12H10ClGe.C10H15.2CO.Ru/c13-14(11-7-3-1-4-8-11)12-9-5-2-6-10-12;1-6-7(2)9(4)10(5)8(6)3;2*1-2;/h1-10H;1-5H3;;;/q;;;;+1. The van der Waals surface area contributed by atoms with Gasteiger partial charge in [0, 0.05) is 0 Å². The minimum Gasteiger partial charge on any atom is 1.00 e. The van der Waals surface area contributed by atoms with Crippen LogP contribution in [0.1, 0.15) is 34.6 Å². The minimum atomic E-state index is -1.73. The smallest absolute Gasteiger partial charge is 1.00 e. The van der Waals surface area contributed by atoms with Gasteiger partial charge in [-0.25, -0.2) is 0 Å². The molecule has 1 saturated carbocycles. The fourth-order valence-corrected chi connectivity index (χ4v) is 6.79. The summed E-state index contributed by atoms with van der Waals surface area (Å²) >= 11 is -1.73. The molecular weight excluding hydrogens is 529 g/mol. The van der Waals surface area contributed by atoms with Gasteiger partial charge in [-0.3, -0.25) is 0 Å². The molecule has 29 heavy (non-hydrogen) atoms. The quantitative estimate of drug-likeness (QED) is 0.287. The Labute approximate surface area is 198 Å². The number of rotatable bonds is 2. The molecule has 0 atom stereocenters. The summed E-state index contributed by atoms with van der Waals surface area (Å²) in [5.41, 5.74) is 0. The Morgan fingerprint density at radius 1 is 0.552 bits per heavy atom. The monoisotopic (exact) mass is 556 g/mol. The van der Waals surface area contributed by atoms with Gasteiger partial charge in [0.25, 0.3) is 0 Å². The van der Waals surface area contributed by atoms with Crippen molar-refractivity contribution >= 4 is 32.2 Å². The average molecular weight is 555 g/mol. The fourth-order valence-electron chi connectivity index (χ4n) is 2.74. The van der Waals surface area contributed by atoms with Crippen LogP contribution in [0.15, 0.2) is 60.7 Å². The van der Waals surface area contributed by atoms with Crippen molar-refractivity contribution in [2.75, 3.05) is 0 Å². The van der Waals surface area contributed by atoms with E-state index in [1.807, 2.05) is 36.4 Å². The maximum atomic E-state index is 7.50. The summed E-state index contributed by atoms with van der Waals surface area (Å²) in [4.78, 5) is 0. The summed E-state index contributed by atoms with van der Waals surface area (Å²) in [7, 11) is 6.50. The Balaban J connectivity index is 0. The molecule has 2 aromatic carbocycles. The molecular formula is C24H25ClGeO2Ru+. The van der Waals surface area contributed by atoms with E-state index in [-0.39, 0.29) is 19.5 Å². The number of halogens is 1. The van der Waals surface area contributed by atoms with Crippen LogP contribution in [0.3, 0.4) is 0 Å². The molecule has 0 aliphatic heterocycles. The van der Waals surface area contributed by atoms with Crippen molar-refractivity contribution in [1.29, 1.82) is 0 Å². The first-order valence-electron chi connectivity index (χ1n) is 8.67. The zero-order valence-electron chi connectivity index (χ0n) is 17.3. The van der Waals surface area contributed by atoms with Crippen LogP contribution in [-0.4, -0.2) is 13.4 Å². The number of hydrogen-bond acceptors (Lipinski definition) is 0. The van der Waals surface area contributed by atoms with E-state index in [1.165, 1.54) is 38.4 Å². The van der Waals surface area contributed by atoms with E-state index < -0.39 is 13.4 Å². The normalized spacial score (nSPS) is 15.0. The first-order chi connectivity index (χ1) is 13.4. The van der Waals surface area contributed by atoms with Gasteiger partial charge >= 0.3 is 135 Å². The number of hydrogen-bond donors (Lipinski definition) is 0. The van der Waals surface area contributed by atoms with E-state index in [0.29, 0.717) is 0 Å². The largest absolute Gasteiger partial charge is 1.00 e. The molecule has 7 radical (unpaired) electrons. The van der Waals surface area contributed by atoms with Crippen LogP contribution in [-0.2, 0) is 28.8 Å². The molecule has 0 aromatic heterocycles. The van der Waals surface area contributed by atoms with E-state index in [0.717, 1.165) is 0 Å². The second-order valence-electron chi connectivity index (χ2n) is 6.17. The van der Waals surface area contributed by atoms with Gasteiger partial charge in [-0.15, -0.1) is 0 Å². The molecule has 5 heteroatoms. The van der Waals surface area contributed by atoms with Crippen molar-refractivity contribution in [3.8, 4) is 0 Å². The molecule has 3 rings (SSSR count). The maximum Gasteiger partial charge on any atom is 1.00 e. The zero-order valence-corrected chi connectivity index (χ0v) is 21.9. The van der Waals surface area contributed by atoms with Gasteiger partial charge in [-0.1, -0.05) is 34.6 Å². The van der Waals surface area contributed by atoms with Crippen molar-refractivity contribution in [3.05, 3.63) is 104 Å². The van der Waals surface area contributed by atoms with Crippen LogP contribution in [0.2, 0.25) is 0 Å². The van der Waals surface area contributed by atoms with Crippen LogP contribution in [0, 0.1) is 42.9 Å². The van der Waals surface area contributed by atoms with Crippen molar-refractivity contribution < 1.29 is 28.8 Å². The van der Waals surface area contributed by atoms with Crippen LogP contribution in [0.25, 0.3) is 0 Å². The van der Waals surface area contributed by atoms with Crippen LogP contribution >= 0.6 is 10.0 Å². The summed E-state index contributed by atoms with van der Waals surface area (Å²) in [6, 6.07) is 20.7. The first-order valence-corrected chi connectivity index (χ1v) is 13.5. The van der Waals surface area contributed by atoms with Crippen molar-refractivity contribution in [2.24, 2.45) is 0 Å². The Morgan fingerprint density at radius 3 is 0.966 bits per heavy atom. The molecule has 1 aliphatic rings. The molecule has 2 nitrogen and oxygen atoms in total. The fraction of sp³-hybridized carbons (Fsp3) is 0.208. The summed E-state index contributed by atoms with van der Waals surface area (Å²) in [6.07, 6.45) is 0. The van der Waals surface area contributed by atoms with Gasteiger partial charge < -0.3 is 0 Å². The Hall–Kier alpha value is -0.624. The molecule has 0 bridgehead atoms. The summed E-state index contributed by atoms with van der Waals surface area (Å²) in [5, 5.41) is 0. The molecule has 0 spiro atoms. The first kappa shape index (κ1) is 30.6. The van der Waals surface area contributed by atoms with E-state index in [4.69, 9.17) is 19.3 Å². The molecule has 0 amide bonds. The minimum absolute atomic E-state index is 0. The molecule has 0 saturated heterocycles. The zero-order chi connectivity index (χ0) is 21.7. The molecule has 1 fully saturated rings. The second kappa shape index (κ2) is 17.1. The second-order valence-corrected chi connectivity index (χ2v) is 11.9. The van der Waals surface area contributed by atoms with E-state index in [2.05, 4.69) is 72.2 Å². The summed E-state index contributed by atoms with van der Waals surface area (Å²) in [6.45, 7) is 20.0. The van der Waals surface area contributed by atoms with E-state index >= 15 is 0 Å². The van der Waals surface area contributed by atoms with Crippen LogP contribution in [0.4, 0.5) is 0 Å². The molecule has 1 aliphatic carbocycles.